The van der Waals surface area contributed by atoms with Crippen LogP contribution in [0, 0.1) is 0 Å². The van der Waals surface area contributed by atoms with E-state index in [9.17, 15) is 14.4 Å². The number of hydrogen-bond acceptors (Lipinski definition) is 5. The van der Waals surface area contributed by atoms with Gasteiger partial charge in [-0.2, -0.15) is 0 Å². The van der Waals surface area contributed by atoms with Gasteiger partial charge in [-0.3, -0.25) is 4.79 Å². The number of carbonyl (C=O) groups excluding carboxylic acids is 3. The molecule has 0 atom stereocenters. The summed E-state index contributed by atoms with van der Waals surface area (Å²) < 4.78 is 10.1. The number of carbonyl (C=O) groups is 3. The van der Waals surface area contributed by atoms with E-state index in [-0.39, 0.29) is 5.78 Å². The first kappa shape index (κ1) is 16.2. The lowest BCUT2D eigenvalue weighted by molar-refractivity contribution is -0.128. The molecule has 0 aliphatic carbocycles. The summed E-state index contributed by atoms with van der Waals surface area (Å²) in [4.78, 5) is 34.3. The number of ether oxygens (including phenoxy) is 2. The van der Waals surface area contributed by atoms with Gasteiger partial charge >= 0.3 is 11.9 Å². The third-order valence-electron chi connectivity index (χ3n) is 2.95. The Labute approximate surface area is 133 Å². The summed E-state index contributed by atoms with van der Waals surface area (Å²) in [5, 5.41) is 0. The summed E-state index contributed by atoms with van der Waals surface area (Å²) in [7, 11) is 0. The molecule has 0 amide bonds. The van der Waals surface area contributed by atoms with Crippen LogP contribution in [0.5, 0.6) is 11.5 Å². The third-order valence-corrected chi connectivity index (χ3v) is 2.95. The number of ketones is 1. The molecule has 0 bridgehead atoms. The number of benzene rings is 2. The van der Waals surface area contributed by atoms with Crippen LogP contribution in [0.4, 0.5) is 0 Å². The Morgan fingerprint density at radius 3 is 1.78 bits per heavy atom. The summed E-state index contributed by atoms with van der Waals surface area (Å²) >= 11 is 0. The topological polar surface area (TPSA) is 69.7 Å². The lowest BCUT2D eigenvalue weighted by Crippen LogP contribution is -2.09. The van der Waals surface area contributed by atoms with Crippen molar-refractivity contribution < 1.29 is 23.9 Å². The lowest BCUT2D eigenvalue weighted by Gasteiger charge is -2.06. The number of Topliss-reactive ketones (excluding diaryl/α,β-unsaturated/α-hetero) is 1. The van der Waals surface area contributed by atoms with Gasteiger partial charge in [0.15, 0.2) is 5.78 Å². The first-order chi connectivity index (χ1) is 11.0. The van der Waals surface area contributed by atoms with Gasteiger partial charge < -0.3 is 9.47 Å². The van der Waals surface area contributed by atoms with Crippen LogP contribution in [0.15, 0.2) is 61.2 Å². The van der Waals surface area contributed by atoms with E-state index in [1.165, 1.54) is 31.2 Å². The van der Waals surface area contributed by atoms with E-state index in [1.54, 1.807) is 24.3 Å². The van der Waals surface area contributed by atoms with Crippen molar-refractivity contribution in [3.63, 3.8) is 0 Å². The molecule has 0 radical (unpaired) electrons. The average molecular weight is 310 g/mol. The standard InChI is InChI=1S/C18H14O5/c1-3-17(20)22-15-10-6-14(7-11-15)18(21)23-16-8-4-13(5-9-16)12(2)19/h3-11H,1H2,2H3. The normalized spacial score (nSPS) is 9.78. The highest BCUT2D eigenvalue weighted by molar-refractivity contribution is 5.94. The van der Waals surface area contributed by atoms with Crippen LogP contribution in [-0.4, -0.2) is 17.7 Å². The smallest absolute Gasteiger partial charge is 0.343 e. The molecule has 2 rings (SSSR count). The summed E-state index contributed by atoms with van der Waals surface area (Å²) in [5.41, 5.74) is 0.845. The van der Waals surface area contributed by atoms with Crippen LogP contribution in [0.1, 0.15) is 27.6 Å². The maximum absolute atomic E-state index is 12.0. The molecule has 0 heterocycles. The van der Waals surface area contributed by atoms with Gasteiger partial charge in [0.25, 0.3) is 0 Å². The summed E-state index contributed by atoms with van der Waals surface area (Å²) in [6.45, 7) is 4.76. The van der Waals surface area contributed by atoms with Crippen LogP contribution in [0.3, 0.4) is 0 Å². The zero-order valence-electron chi connectivity index (χ0n) is 12.4. The van der Waals surface area contributed by atoms with Gasteiger partial charge in [-0.05, 0) is 55.5 Å². The van der Waals surface area contributed by atoms with Crippen molar-refractivity contribution in [1.82, 2.24) is 0 Å². The van der Waals surface area contributed by atoms with Gasteiger partial charge in [0, 0.05) is 11.6 Å². The van der Waals surface area contributed by atoms with Crippen LogP contribution >= 0.6 is 0 Å². The number of rotatable bonds is 5. The van der Waals surface area contributed by atoms with Gasteiger partial charge in [-0.25, -0.2) is 9.59 Å². The zero-order valence-corrected chi connectivity index (χ0v) is 12.4. The van der Waals surface area contributed by atoms with Gasteiger partial charge in [0.05, 0.1) is 5.56 Å². The minimum absolute atomic E-state index is 0.0625. The van der Waals surface area contributed by atoms with Crippen molar-refractivity contribution in [3.8, 4) is 11.5 Å². The molecule has 0 unspecified atom stereocenters. The molecule has 5 heteroatoms. The summed E-state index contributed by atoms with van der Waals surface area (Å²) in [5.74, 6) is -0.556. The highest BCUT2D eigenvalue weighted by atomic mass is 16.5. The van der Waals surface area contributed by atoms with Gasteiger partial charge in [0.1, 0.15) is 11.5 Å². The number of esters is 2. The van der Waals surface area contributed by atoms with Crippen LogP contribution in [0.2, 0.25) is 0 Å². The number of hydrogen-bond donors (Lipinski definition) is 0. The van der Waals surface area contributed by atoms with E-state index in [2.05, 4.69) is 6.58 Å². The fourth-order valence-electron chi connectivity index (χ4n) is 1.74. The van der Waals surface area contributed by atoms with Crippen molar-refractivity contribution in [2.45, 2.75) is 6.92 Å². The van der Waals surface area contributed by atoms with E-state index in [4.69, 9.17) is 9.47 Å². The van der Waals surface area contributed by atoms with E-state index >= 15 is 0 Å². The van der Waals surface area contributed by atoms with Crippen LogP contribution in [0.25, 0.3) is 0 Å². The molecule has 0 fully saturated rings. The molecule has 116 valence electrons. The molecule has 2 aromatic rings. The second-order valence-electron chi connectivity index (χ2n) is 4.62. The predicted molar refractivity (Wildman–Crippen MR) is 83.7 cm³/mol. The fourth-order valence-corrected chi connectivity index (χ4v) is 1.74. The molecule has 23 heavy (non-hydrogen) atoms. The van der Waals surface area contributed by atoms with Crippen LogP contribution in [-0.2, 0) is 4.79 Å². The molecule has 0 aliphatic rings. The first-order valence-electron chi connectivity index (χ1n) is 6.77. The van der Waals surface area contributed by atoms with Crippen molar-refractivity contribution in [3.05, 3.63) is 72.3 Å². The fraction of sp³-hybridized carbons (Fsp3) is 0.0556. The lowest BCUT2D eigenvalue weighted by atomic mass is 10.1. The molecule has 0 N–H and O–H groups in total. The Balaban J connectivity index is 2.04. The maximum Gasteiger partial charge on any atom is 0.343 e. The highest BCUT2D eigenvalue weighted by Gasteiger charge is 2.10. The maximum atomic E-state index is 12.0. The minimum Gasteiger partial charge on any atom is -0.423 e. The molecule has 0 saturated heterocycles. The van der Waals surface area contributed by atoms with Gasteiger partial charge in [0.2, 0.25) is 0 Å². The highest BCUT2D eigenvalue weighted by Crippen LogP contribution is 2.17. The molecule has 5 nitrogen and oxygen atoms in total. The zero-order chi connectivity index (χ0) is 16.8. The third kappa shape index (κ3) is 4.38. The largest absolute Gasteiger partial charge is 0.423 e. The summed E-state index contributed by atoms with van der Waals surface area (Å²) in [6, 6.07) is 12.2. The van der Waals surface area contributed by atoms with Crippen molar-refractivity contribution in [1.29, 1.82) is 0 Å². The second-order valence-corrected chi connectivity index (χ2v) is 4.62. The van der Waals surface area contributed by atoms with Crippen molar-refractivity contribution >= 4 is 17.7 Å². The Hall–Kier alpha value is -3.21. The Kier molecular flexibility index (Phi) is 5.04. The molecular weight excluding hydrogens is 296 g/mol. The predicted octanol–water partition coefficient (Wildman–Crippen LogP) is 3.20. The quantitative estimate of drug-likeness (QED) is 0.367. The van der Waals surface area contributed by atoms with Crippen LogP contribution < -0.4 is 9.47 Å². The average Bonchev–Trinajstić information content (AvgIpc) is 2.55. The SMILES string of the molecule is C=CC(=O)Oc1ccc(C(=O)Oc2ccc(C(C)=O)cc2)cc1. The molecule has 0 aromatic heterocycles. The Morgan fingerprint density at radius 1 is 0.826 bits per heavy atom. The summed E-state index contributed by atoms with van der Waals surface area (Å²) in [6.07, 6.45) is 1.05. The van der Waals surface area contributed by atoms with Gasteiger partial charge in [-0.15, -0.1) is 0 Å². The van der Waals surface area contributed by atoms with Crippen molar-refractivity contribution in [2.24, 2.45) is 0 Å². The molecule has 0 spiro atoms. The second kappa shape index (κ2) is 7.17. The first-order valence-corrected chi connectivity index (χ1v) is 6.77. The Morgan fingerprint density at radius 2 is 1.30 bits per heavy atom. The van der Waals surface area contributed by atoms with E-state index in [0.717, 1.165) is 6.08 Å². The van der Waals surface area contributed by atoms with Gasteiger partial charge in [-0.1, -0.05) is 6.58 Å². The monoisotopic (exact) mass is 310 g/mol. The molecule has 0 saturated carbocycles. The molecule has 2 aromatic carbocycles. The van der Waals surface area contributed by atoms with E-state index in [0.29, 0.717) is 22.6 Å². The van der Waals surface area contributed by atoms with E-state index < -0.39 is 11.9 Å². The van der Waals surface area contributed by atoms with Crippen molar-refractivity contribution in [2.75, 3.05) is 0 Å². The molecular formula is C18H14O5. The van der Waals surface area contributed by atoms with E-state index in [1.807, 2.05) is 0 Å². The molecule has 0 aliphatic heterocycles. The Bertz CT molecular complexity index is 742. The minimum atomic E-state index is -0.578.